The highest BCUT2D eigenvalue weighted by Crippen LogP contribution is 2.32. The molecule has 0 spiro atoms. The molecule has 2 aromatic rings. The molecule has 0 radical (unpaired) electrons. The highest BCUT2D eigenvalue weighted by atomic mass is 35.5. The number of anilines is 1. The summed E-state index contributed by atoms with van der Waals surface area (Å²) in [7, 11) is 4.71. The molecule has 0 saturated heterocycles. The summed E-state index contributed by atoms with van der Waals surface area (Å²) in [5, 5.41) is 5.11. The zero-order chi connectivity index (χ0) is 16.8. The lowest BCUT2D eigenvalue weighted by Crippen LogP contribution is -1.99. The smallest absolute Gasteiger partial charge is 0.135 e. The Kier molecular flexibility index (Phi) is 5.96. The maximum absolute atomic E-state index is 5.96. The summed E-state index contributed by atoms with van der Waals surface area (Å²) in [6.07, 6.45) is 1.60. The zero-order valence-corrected chi connectivity index (χ0v) is 14.4. The summed E-state index contributed by atoms with van der Waals surface area (Å²) in [5.74, 6) is 1.80. The number of methoxy groups -OCH3 is 3. The fraction of sp³-hybridized carbons (Fsp3) is 0.188. The number of nitrogens with zero attached hydrogens (tertiary/aromatic N) is 1. The van der Waals surface area contributed by atoms with E-state index in [0.29, 0.717) is 38.5 Å². The number of nitrogens with one attached hydrogen (secondary N) is 1. The first-order valence-electron chi connectivity index (χ1n) is 6.63. The molecule has 1 N–H and O–H groups in total. The number of rotatable bonds is 6. The van der Waals surface area contributed by atoms with Crippen LogP contribution in [0.4, 0.5) is 5.69 Å². The third-order valence-corrected chi connectivity index (χ3v) is 3.80. The number of hydrogen-bond donors (Lipinski definition) is 1. The van der Waals surface area contributed by atoms with E-state index in [1.807, 2.05) is 0 Å². The van der Waals surface area contributed by atoms with Crippen molar-refractivity contribution in [3.63, 3.8) is 0 Å². The monoisotopic (exact) mass is 354 g/mol. The Morgan fingerprint density at radius 2 is 1.57 bits per heavy atom. The molecule has 2 rings (SSSR count). The van der Waals surface area contributed by atoms with Gasteiger partial charge < -0.3 is 14.2 Å². The Morgan fingerprint density at radius 3 is 2.09 bits per heavy atom. The Labute approximate surface area is 144 Å². The molecular weight excluding hydrogens is 339 g/mol. The number of hydrazone groups is 1. The Hall–Kier alpha value is -2.11. The Bertz CT molecular complexity index is 695. The summed E-state index contributed by atoms with van der Waals surface area (Å²) in [4.78, 5) is 0. The molecule has 0 bridgehead atoms. The molecule has 122 valence electrons. The second-order valence-corrected chi connectivity index (χ2v) is 5.26. The summed E-state index contributed by atoms with van der Waals surface area (Å²) in [5.41, 5.74) is 4.27. The SMILES string of the molecule is COc1cc(OC)c(/C=N\Nc2ccc(Cl)c(Cl)c2)c(OC)c1. The Morgan fingerprint density at radius 1 is 0.913 bits per heavy atom. The first-order valence-corrected chi connectivity index (χ1v) is 7.38. The van der Waals surface area contributed by atoms with Gasteiger partial charge in [0, 0.05) is 12.1 Å². The van der Waals surface area contributed by atoms with Gasteiger partial charge in [0.05, 0.1) is 48.8 Å². The first kappa shape index (κ1) is 17.2. The number of benzene rings is 2. The molecule has 0 aliphatic carbocycles. The van der Waals surface area contributed by atoms with Crippen LogP contribution in [0.3, 0.4) is 0 Å². The fourth-order valence-corrected chi connectivity index (χ4v) is 2.19. The average Bonchev–Trinajstić information content (AvgIpc) is 2.57. The molecule has 0 fully saturated rings. The molecule has 0 heterocycles. The lowest BCUT2D eigenvalue weighted by Gasteiger charge is -2.12. The summed E-state index contributed by atoms with van der Waals surface area (Å²) < 4.78 is 15.9. The van der Waals surface area contributed by atoms with Gasteiger partial charge >= 0.3 is 0 Å². The van der Waals surface area contributed by atoms with E-state index in [2.05, 4.69) is 10.5 Å². The van der Waals surface area contributed by atoms with Gasteiger partial charge in [0.1, 0.15) is 17.2 Å². The molecule has 0 aliphatic heterocycles. The van der Waals surface area contributed by atoms with E-state index in [1.54, 1.807) is 57.9 Å². The van der Waals surface area contributed by atoms with Gasteiger partial charge in [-0.25, -0.2) is 0 Å². The third kappa shape index (κ3) is 4.21. The van der Waals surface area contributed by atoms with Crippen LogP contribution >= 0.6 is 23.2 Å². The summed E-state index contributed by atoms with van der Waals surface area (Å²) >= 11 is 11.8. The highest BCUT2D eigenvalue weighted by Gasteiger charge is 2.11. The molecule has 0 aromatic heterocycles. The topological polar surface area (TPSA) is 52.1 Å². The van der Waals surface area contributed by atoms with Crippen molar-refractivity contribution in [3.8, 4) is 17.2 Å². The summed E-state index contributed by atoms with van der Waals surface area (Å²) in [6, 6.07) is 8.65. The van der Waals surface area contributed by atoms with Gasteiger partial charge in [-0.2, -0.15) is 5.10 Å². The second kappa shape index (κ2) is 7.94. The first-order chi connectivity index (χ1) is 11.1. The number of hydrogen-bond acceptors (Lipinski definition) is 5. The molecule has 7 heteroatoms. The van der Waals surface area contributed by atoms with Crippen molar-refractivity contribution >= 4 is 35.1 Å². The lowest BCUT2D eigenvalue weighted by molar-refractivity contribution is 0.374. The van der Waals surface area contributed by atoms with Crippen molar-refractivity contribution in [2.45, 2.75) is 0 Å². The van der Waals surface area contributed by atoms with E-state index >= 15 is 0 Å². The fourth-order valence-electron chi connectivity index (χ4n) is 1.90. The van der Waals surface area contributed by atoms with Gasteiger partial charge in [-0.1, -0.05) is 23.2 Å². The predicted molar refractivity (Wildman–Crippen MR) is 93.8 cm³/mol. The highest BCUT2D eigenvalue weighted by molar-refractivity contribution is 6.42. The minimum atomic E-state index is 0.450. The van der Waals surface area contributed by atoms with Crippen LogP contribution in [-0.4, -0.2) is 27.5 Å². The van der Waals surface area contributed by atoms with Crippen molar-refractivity contribution < 1.29 is 14.2 Å². The molecule has 0 unspecified atom stereocenters. The summed E-state index contributed by atoms with van der Waals surface area (Å²) in [6.45, 7) is 0. The molecule has 0 saturated carbocycles. The maximum Gasteiger partial charge on any atom is 0.135 e. The van der Waals surface area contributed by atoms with Crippen molar-refractivity contribution in [1.82, 2.24) is 0 Å². The van der Waals surface area contributed by atoms with Gasteiger partial charge in [-0.15, -0.1) is 0 Å². The molecular formula is C16H16Cl2N2O3. The van der Waals surface area contributed by atoms with Crippen LogP contribution in [0.15, 0.2) is 35.4 Å². The van der Waals surface area contributed by atoms with E-state index in [1.165, 1.54) is 0 Å². The molecule has 0 amide bonds. The third-order valence-electron chi connectivity index (χ3n) is 3.06. The van der Waals surface area contributed by atoms with Crippen LogP contribution in [0, 0.1) is 0 Å². The van der Waals surface area contributed by atoms with Crippen LogP contribution in [-0.2, 0) is 0 Å². The van der Waals surface area contributed by atoms with Crippen molar-refractivity contribution in [2.24, 2.45) is 5.10 Å². The van der Waals surface area contributed by atoms with Crippen LogP contribution in [0.2, 0.25) is 10.0 Å². The van der Waals surface area contributed by atoms with E-state index in [9.17, 15) is 0 Å². The van der Waals surface area contributed by atoms with Gasteiger partial charge in [-0.05, 0) is 18.2 Å². The van der Waals surface area contributed by atoms with Gasteiger partial charge in [-0.3, -0.25) is 5.43 Å². The quantitative estimate of drug-likeness (QED) is 0.614. The normalized spacial score (nSPS) is 10.7. The van der Waals surface area contributed by atoms with Gasteiger partial charge in [0.15, 0.2) is 0 Å². The second-order valence-electron chi connectivity index (χ2n) is 4.44. The molecule has 23 heavy (non-hydrogen) atoms. The van der Waals surface area contributed by atoms with E-state index in [4.69, 9.17) is 37.4 Å². The minimum Gasteiger partial charge on any atom is -0.496 e. The lowest BCUT2D eigenvalue weighted by atomic mass is 10.2. The standard InChI is InChI=1S/C16H16Cl2N2O3/c1-21-11-7-15(22-2)12(16(8-11)23-3)9-19-20-10-4-5-13(17)14(18)6-10/h4-9,20H,1-3H3/b19-9-. The van der Waals surface area contributed by atoms with Crippen LogP contribution in [0.5, 0.6) is 17.2 Å². The van der Waals surface area contributed by atoms with Crippen LogP contribution < -0.4 is 19.6 Å². The molecule has 0 atom stereocenters. The molecule has 5 nitrogen and oxygen atoms in total. The maximum atomic E-state index is 5.96. The van der Waals surface area contributed by atoms with E-state index in [0.717, 1.165) is 0 Å². The van der Waals surface area contributed by atoms with Crippen molar-refractivity contribution in [2.75, 3.05) is 26.8 Å². The van der Waals surface area contributed by atoms with Crippen LogP contribution in [0.1, 0.15) is 5.56 Å². The zero-order valence-electron chi connectivity index (χ0n) is 12.9. The van der Waals surface area contributed by atoms with Gasteiger partial charge in [0.2, 0.25) is 0 Å². The van der Waals surface area contributed by atoms with Crippen molar-refractivity contribution in [1.29, 1.82) is 0 Å². The van der Waals surface area contributed by atoms with Crippen molar-refractivity contribution in [3.05, 3.63) is 45.9 Å². The largest absolute Gasteiger partial charge is 0.496 e. The average molecular weight is 355 g/mol. The van der Waals surface area contributed by atoms with E-state index < -0.39 is 0 Å². The minimum absolute atomic E-state index is 0.450. The number of halogens is 2. The molecule has 0 aliphatic rings. The Balaban J connectivity index is 2.25. The molecule has 2 aromatic carbocycles. The number of ether oxygens (including phenoxy) is 3. The predicted octanol–water partition coefficient (Wildman–Crippen LogP) is 4.47. The van der Waals surface area contributed by atoms with E-state index in [-0.39, 0.29) is 0 Å². The van der Waals surface area contributed by atoms with Crippen LogP contribution in [0.25, 0.3) is 0 Å². The van der Waals surface area contributed by atoms with Gasteiger partial charge in [0.25, 0.3) is 0 Å².